The van der Waals surface area contributed by atoms with Crippen molar-refractivity contribution in [2.24, 2.45) is 0 Å². The molecular formula is C15H17N3O. The second kappa shape index (κ2) is 5.68. The molecule has 0 spiro atoms. The molecule has 0 aliphatic heterocycles. The number of benzene rings is 1. The molecule has 0 amide bonds. The van der Waals surface area contributed by atoms with E-state index in [2.05, 4.69) is 16.4 Å². The van der Waals surface area contributed by atoms with E-state index < -0.39 is 0 Å². The lowest BCUT2D eigenvalue weighted by atomic mass is 10.1. The Morgan fingerprint density at radius 1 is 1.42 bits per heavy atom. The molecule has 0 aliphatic carbocycles. The largest absolute Gasteiger partial charge is 0.444 e. The van der Waals surface area contributed by atoms with Gasteiger partial charge in [-0.1, -0.05) is 6.07 Å². The van der Waals surface area contributed by atoms with Crippen molar-refractivity contribution in [3.05, 3.63) is 52.7 Å². The van der Waals surface area contributed by atoms with E-state index in [9.17, 15) is 0 Å². The first kappa shape index (κ1) is 13.3. The van der Waals surface area contributed by atoms with Crippen LogP contribution in [0.5, 0.6) is 0 Å². The Labute approximate surface area is 113 Å². The van der Waals surface area contributed by atoms with E-state index in [4.69, 9.17) is 9.68 Å². The van der Waals surface area contributed by atoms with Crippen LogP contribution in [0, 0.1) is 25.2 Å². The van der Waals surface area contributed by atoms with Crippen LogP contribution in [0.3, 0.4) is 0 Å². The fourth-order valence-corrected chi connectivity index (χ4v) is 1.89. The summed E-state index contributed by atoms with van der Waals surface area (Å²) in [5.74, 6) is 1.52. The van der Waals surface area contributed by atoms with Crippen molar-refractivity contribution < 1.29 is 4.42 Å². The Morgan fingerprint density at radius 2 is 2.21 bits per heavy atom. The van der Waals surface area contributed by atoms with Gasteiger partial charge < -0.3 is 9.73 Å². The molecule has 1 N–H and O–H groups in total. The summed E-state index contributed by atoms with van der Waals surface area (Å²) >= 11 is 0. The van der Waals surface area contributed by atoms with Gasteiger partial charge >= 0.3 is 0 Å². The molecule has 2 rings (SSSR count). The topological polar surface area (TPSA) is 61.9 Å². The quantitative estimate of drug-likeness (QED) is 0.912. The van der Waals surface area contributed by atoms with Gasteiger partial charge in [0.05, 0.1) is 23.9 Å². The molecule has 4 heteroatoms. The highest BCUT2D eigenvalue weighted by Gasteiger charge is 2.11. The van der Waals surface area contributed by atoms with Gasteiger partial charge in [0.25, 0.3) is 0 Å². The van der Waals surface area contributed by atoms with Crippen molar-refractivity contribution in [2.75, 3.05) is 0 Å². The van der Waals surface area contributed by atoms with Gasteiger partial charge in [0.15, 0.2) is 0 Å². The molecule has 0 fully saturated rings. The molecule has 0 radical (unpaired) electrons. The lowest BCUT2D eigenvalue weighted by Gasteiger charge is -2.12. The minimum absolute atomic E-state index is 0.0590. The highest BCUT2D eigenvalue weighted by molar-refractivity contribution is 5.37. The van der Waals surface area contributed by atoms with Crippen molar-refractivity contribution in [1.29, 1.82) is 5.26 Å². The summed E-state index contributed by atoms with van der Waals surface area (Å²) in [6, 6.07) is 7.92. The maximum atomic E-state index is 8.84. The highest BCUT2D eigenvalue weighted by Crippen LogP contribution is 2.15. The van der Waals surface area contributed by atoms with E-state index in [0.29, 0.717) is 11.5 Å². The average Bonchev–Trinajstić information content (AvgIpc) is 2.83. The third kappa shape index (κ3) is 3.21. The van der Waals surface area contributed by atoms with E-state index in [1.165, 1.54) is 5.56 Å². The maximum Gasteiger partial charge on any atom is 0.211 e. The molecule has 98 valence electrons. The Bertz CT molecular complexity index is 610. The van der Waals surface area contributed by atoms with Crippen LogP contribution in [0.25, 0.3) is 0 Å². The summed E-state index contributed by atoms with van der Waals surface area (Å²) in [4.78, 5) is 4.21. The first-order valence-electron chi connectivity index (χ1n) is 6.25. The van der Waals surface area contributed by atoms with Gasteiger partial charge in [-0.05, 0) is 44.0 Å². The predicted octanol–water partition coefficient (Wildman–Crippen LogP) is 3.01. The van der Waals surface area contributed by atoms with Crippen LogP contribution in [0.15, 0.2) is 28.8 Å². The number of hydrogen-bond donors (Lipinski definition) is 1. The van der Waals surface area contributed by atoms with Gasteiger partial charge in [-0.2, -0.15) is 5.26 Å². The van der Waals surface area contributed by atoms with Crippen molar-refractivity contribution in [2.45, 2.75) is 33.4 Å². The molecule has 0 bridgehead atoms. The fourth-order valence-electron chi connectivity index (χ4n) is 1.89. The number of rotatable bonds is 4. The van der Waals surface area contributed by atoms with E-state index in [-0.39, 0.29) is 6.04 Å². The molecule has 1 aromatic heterocycles. The summed E-state index contributed by atoms with van der Waals surface area (Å²) < 4.78 is 5.48. The number of aromatic nitrogens is 1. The van der Waals surface area contributed by atoms with Crippen molar-refractivity contribution in [1.82, 2.24) is 10.3 Å². The molecule has 2 aromatic rings. The SMILES string of the molecule is Cc1cnc(C(C)NCc2ccc(C#N)cc2C)o1. The van der Waals surface area contributed by atoms with Crippen LogP contribution >= 0.6 is 0 Å². The molecule has 1 atom stereocenters. The van der Waals surface area contributed by atoms with Crippen molar-refractivity contribution >= 4 is 0 Å². The summed E-state index contributed by atoms with van der Waals surface area (Å²) in [5, 5.41) is 12.2. The molecule has 0 saturated heterocycles. The second-order valence-electron chi connectivity index (χ2n) is 4.66. The number of oxazole rings is 1. The average molecular weight is 255 g/mol. The number of nitriles is 1. The first-order valence-corrected chi connectivity index (χ1v) is 6.25. The third-order valence-electron chi connectivity index (χ3n) is 3.08. The van der Waals surface area contributed by atoms with Crippen LogP contribution in [-0.2, 0) is 6.54 Å². The van der Waals surface area contributed by atoms with E-state index in [1.807, 2.05) is 39.0 Å². The zero-order valence-electron chi connectivity index (χ0n) is 11.4. The lowest BCUT2D eigenvalue weighted by Crippen LogP contribution is -2.18. The zero-order valence-corrected chi connectivity index (χ0v) is 11.4. The predicted molar refractivity (Wildman–Crippen MR) is 72.4 cm³/mol. The van der Waals surface area contributed by atoms with Crippen LogP contribution in [0.2, 0.25) is 0 Å². The van der Waals surface area contributed by atoms with Crippen LogP contribution in [0.4, 0.5) is 0 Å². The first-order chi connectivity index (χ1) is 9.10. The number of aryl methyl sites for hydroxylation is 2. The molecule has 1 heterocycles. The van der Waals surface area contributed by atoms with Gasteiger partial charge in [0.2, 0.25) is 5.89 Å². The summed E-state index contributed by atoms with van der Waals surface area (Å²) in [5.41, 5.74) is 2.98. The maximum absolute atomic E-state index is 8.84. The Kier molecular flexibility index (Phi) is 3.98. The summed E-state index contributed by atoms with van der Waals surface area (Å²) in [7, 11) is 0. The zero-order chi connectivity index (χ0) is 13.8. The van der Waals surface area contributed by atoms with Gasteiger partial charge in [-0.3, -0.25) is 0 Å². The second-order valence-corrected chi connectivity index (χ2v) is 4.66. The lowest BCUT2D eigenvalue weighted by molar-refractivity contribution is 0.402. The van der Waals surface area contributed by atoms with Gasteiger partial charge in [0, 0.05) is 6.54 Å². The molecule has 19 heavy (non-hydrogen) atoms. The molecular weight excluding hydrogens is 238 g/mol. The Hall–Kier alpha value is -2.12. The van der Waals surface area contributed by atoms with Crippen LogP contribution in [0.1, 0.15) is 41.3 Å². The van der Waals surface area contributed by atoms with Crippen molar-refractivity contribution in [3.8, 4) is 6.07 Å². The van der Waals surface area contributed by atoms with Crippen LogP contribution < -0.4 is 5.32 Å². The molecule has 0 aliphatic rings. The minimum Gasteiger partial charge on any atom is -0.444 e. The summed E-state index contributed by atoms with van der Waals surface area (Å²) in [6.07, 6.45) is 1.72. The van der Waals surface area contributed by atoms with Crippen molar-refractivity contribution in [3.63, 3.8) is 0 Å². The third-order valence-corrected chi connectivity index (χ3v) is 3.08. The van der Waals surface area contributed by atoms with Crippen LogP contribution in [-0.4, -0.2) is 4.98 Å². The Morgan fingerprint density at radius 3 is 2.79 bits per heavy atom. The van der Waals surface area contributed by atoms with E-state index in [0.717, 1.165) is 17.9 Å². The standard InChI is InChI=1S/C15H17N3O/c1-10-6-13(7-16)4-5-14(10)9-17-12(3)15-18-8-11(2)19-15/h4-6,8,12,17H,9H2,1-3H3. The van der Waals surface area contributed by atoms with Gasteiger partial charge in [-0.15, -0.1) is 0 Å². The van der Waals surface area contributed by atoms with Gasteiger partial charge in [0.1, 0.15) is 5.76 Å². The van der Waals surface area contributed by atoms with Gasteiger partial charge in [-0.25, -0.2) is 4.98 Å². The number of hydrogen-bond acceptors (Lipinski definition) is 4. The smallest absolute Gasteiger partial charge is 0.211 e. The molecule has 1 unspecified atom stereocenters. The van der Waals surface area contributed by atoms with E-state index >= 15 is 0 Å². The number of nitrogens with zero attached hydrogens (tertiary/aromatic N) is 2. The minimum atomic E-state index is 0.0590. The molecule has 0 saturated carbocycles. The Balaban J connectivity index is 2.01. The fraction of sp³-hybridized carbons (Fsp3) is 0.333. The normalized spacial score (nSPS) is 12.1. The monoisotopic (exact) mass is 255 g/mol. The van der Waals surface area contributed by atoms with E-state index in [1.54, 1.807) is 6.20 Å². The molecule has 4 nitrogen and oxygen atoms in total. The molecule has 1 aromatic carbocycles. The number of nitrogens with one attached hydrogen (secondary N) is 1. The summed E-state index contributed by atoms with van der Waals surface area (Å²) in [6.45, 7) is 6.64. The highest BCUT2D eigenvalue weighted by atomic mass is 16.4.